The van der Waals surface area contributed by atoms with Gasteiger partial charge in [0.1, 0.15) is 11.5 Å². The Morgan fingerprint density at radius 1 is 1.23 bits per heavy atom. The third-order valence-corrected chi connectivity index (χ3v) is 3.63. The summed E-state index contributed by atoms with van der Waals surface area (Å²) >= 11 is 5.88. The lowest BCUT2D eigenvalue weighted by molar-refractivity contribution is 0.101. The summed E-state index contributed by atoms with van der Waals surface area (Å²) in [6.07, 6.45) is 3.50. The molecular weight excluding hydrogens is 300 g/mol. The number of anilines is 1. The molecule has 3 rings (SSSR count). The van der Waals surface area contributed by atoms with E-state index in [-0.39, 0.29) is 5.91 Å². The van der Waals surface area contributed by atoms with E-state index in [2.05, 4.69) is 10.4 Å². The predicted octanol–water partition coefficient (Wildman–Crippen LogP) is 3.18. The van der Waals surface area contributed by atoms with E-state index in [0.717, 1.165) is 5.56 Å². The van der Waals surface area contributed by atoms with Gasteiger partial charge in [0.05, 0.1) is 12.7 Å². The zero-order chi connectivity index (χ0) is 15.5. The van der Waals surface area contributed by atoms with Gasteiger partial charge in [0.2, 0.25) is 0 Å². The smallest absolute Gasteiger partial charge is 0.273 e. The number of carbonyl (C=O) groups is 1. The average Bonchev–Trinajstić information content (AvgIpc) is 3.11. The minimum Gasteiger partial charge on any atom is -0.347 e. The molecule has 0 bridgehead atoms. The Labute approximate surface area is 133 Å². The lowest BCUT2D eigenvalue weighted by Gasteiger charge is -2.09. The van der Waals surface area contributed by atoms with Gasteiger partial charge in [0, 0.05) is 24.3 Å². The normalized spacial score (nSPS) is 10.6. The van der Waals surface area contributed by atoms with Crippen LogP contribution in [0, 0.1) is 0 Å². The van der Waals surface area contributed by atoms with E-state index in [4.69, 9.17) is 11.6 Å². The van der Waals surface area contributed by atoms with Crippen molar-refractivity contribution >= 4 is 23.3 Å². The average molecular weight is 315 g/mol. The van der Waals surface area contributed by atoms with Crippen molar-refractivity contribution < 1.29 is 4.79 Å². The van der Waals surface area contributed by atoms with Crippen LogP contribution in [-0.4, -0.2) is 20.3 Å². The fraction of sp³-hybridized carbons (Fsp3) is 0.125. The lowest BCUT2D eigenvalue weighted by Crippen LogP contribution is -2.18. The first-order valence-corrected chi connectivity index (χ1v) is 7.20. The number of benzene rings is 1. The minimum absolute atomic E-state index is 0.162. The summed E-state index contributed by atoms with van der Waals surface area (Å²) in [6, 6.07) is 12.9. The number of halogens is 1. The SMILES string of the molecule is Cn1cccc1C(=O)Nc1ccnn1Cc1ccc(Cl)cc1. The van der Waals surface area contributed by atoms with Crippen molar-refractivity contribution in [1.29, 1.82) is 0 Å². The molecule has 0 unspecified atom stereocenters. The molecular formula is C16H15ClN4O. The number of carbonyl (C=O) groups excluding carboxylic acids is 1. The van der Waals surface area contributed by atoms with Crippen LogP contribution < -0.4 is 5.32 Å². The first kappa shape index (κ1) is 14.4. The standard InChI is InChI=1S/C16H15ClN4O/c1-20-10-2-3-14(20)16(22)19-15-8-9-18-21(15)11-12-4-6-13(17)7-5-12/h2-10H,11H2,1H3,(H,19,22). The van der Waals surface area contributed by atoms with E-state index in [1.165, 1.54) is 0 Å². The Hall–Kier alpha value is -2.53. The molecule has 0 fully saturated rings. The van der Waals surface area contributed by atoms with Crippen molar-refractivity contribution in [1.82, 2.24) is 14.3 Å². The summed E-state index contributed by atoms with van der Waals surface area (Å²) in [6.45, 7) is 0.562. The quantitative estimate of drug-likeness (QED) is 0.804. The number of aryl methyl sites for hydroxylation is 1. The molecule has 2 aromatic heterocycles. The molecule has 5 nitrogen and oxygen atoms in total. The van der Waals surface area contributed by atoms with E-state index in [9.17, 15) is 4.79 Å². The molecule has 0 aliphatic carbocycles. The van der Waals surface area contributed by atoms with Gasteiger partial charge in [-0.25, -0.2) is 4.68 Å². The first-order valence-electron chi connectivity index (χ1n) is 6.82. The Balaban J connectivity index is 1.76. The first-order chi connectivity index (χ1) is 10.6. The van der Waals surface area contributed by atoms with E-state index >= 15 is 0 Å². The molecule has 1 aromatic carbocycles. The van der Waals surface area contributed by atoms with Gasteiger partial charge < -0.3 is 9.88 Å². The molecule has 2 heterocycles. The number of aromatic nitrogens is 3. The van der Waals surface area contributed by atoms with Crippen LogP contribution in [0.25, 0.3) is 0 Å². The fourth-order valence-electron chi connectivity index (χ4n) is 2.20. The predicted molar refractivity (Wildman–Crippen MR) is 86.1 cm³/mol. The number of amides is 1. The van der Waals surface area contributed by atoms with Crippen molar-refractivity contribution in [3.05, 3.63) is 71.1 Å². The highest BCUT2D eigenvalue weighted by atomic mass is 35.5. The molecule has 0 saturated heterocycles. The molecule has 3 aromatic rings. The topological polar surface area (TPSA) is 51.9 Å². The van der Waals surface area contributed by atoms with Crippen LogP contribution in [0.1, 0.15) is 16.1 Å². The Kier molecular flexibility index (Phi) is 3.98. The number of nitrogens with zero attached hydrogens (tertiary/aromatic N) is 3. The molecule has 1 amide bonds. The third kappa shape index (κ3) is 3.04. The van der Waals surface area contributed by atoms with Crippen LogP contribution >= 0.6 is 11.6 Å². The summed E-state index contributed by atoms with van der Waals surface area (Å²) in [5, 5.41) is 7.83. The van der Waals surface area contributed by atoms with Crippen molar-refractivity contribution in [3.8, 4) is 0 Å². The Bertz CT molecular complexity index is 789. The summed E-state index contributed by atoms with van der Waals surface area (Å²) < 4.78 is 3.51. The maximum Gasteiger partial charge on any atom is 0.273 e. The molecule has 0 saturated carbocycles. The second kappa shape index (κ2) is 6.07. The molecule has 6 heteroatoms. The summed E-state index contributed by atoms with van der Waals surface area (Å²) in [5.74, 6) is 0.492. The molecule has 22 heavy (non-hydrogen) atoms. The van der Waals surface area contributed by atoms with Crippen molar-refractivity contribution in [2.24, 2.45) is 7.05 Å². The molecule has 1 N–H and O–H groups in total. The van der Waals surface area contributed by atoms with Crippen LogP contribution in [0.5, 0.6) is 0 Å². The summed E-state index contributed by atoms with van der Waals surface area (Å²) in [5.41, 5.74) is 1.65. The van der Waals surface area contributed by atoms with E-state index < -0.39 is 0 Å². The molecule has 0 atom stereocenters. The number of rotatable bonds is 4. The minimum atomic E-state index is -0.162. The van der Waals surface area contributed by atoms with Crippen LogP contribution in [0.2, 0.25) is 5.02 Å². The van der Waals surface area contributed by atoms with Crippen LogP contribution in [0.15, 0.2) is 54.9 Å². The number of hydrogen-bond donors (Lipinski definition) is 1. The highest BCUT2D eigenvalue weighted by Crippen LogP contribution is 2.14. The van der Waals surface area contributed by atoms with Gasteiger partial charge in [0.15, 0.2) is 0 Å². The number of nitrogens with one attached hydrogen (secondary N) is 1. The Morgan fingerprint density at radius 3 is 2.68 bits per heavy atom. The largest absolute Gasteiger partial charge is 0.347 e. The van der Waals surface area contributed by atoms with Gasteiger partial charge in [-0.1, -0.05) is 23.7 Å². The van der Waals surface area contributed by atoms with Crippen LogP contribution in [0.4, 0.5) is 5.82 Å². The molecule has 0 spiro atoms. The van der Waals surface area contributed by atoms with Gasteiger partial charge in [0.25, 0.3) is 5.91 Å². The second-order valence-electron chi connectivity index (χ2n) is 4.96. The van der Waals surface area contributed by atoms with Crippen molar-refractivity contribution in [2.45, 2.75) is 6.54 Å². The maximum absolute atomic E-state index is 12.3. The van der Waals surface area contributed by atoms with Gasteiger partial charge in [-0.05, 0) is 29.8 Å². The van der Waals surface area contributed by atoms with Crippen LogP contribution in [-0.2, 0) is 13.6 Å². The Morgan fingerprint density at radius 2 is 2.00 bits per heavy atom. The van der Waals surface area contributed by atoms with Gasteiger partial charge in [-0.3, -0.25) is 4.79 Å². The zero-order valence-corrected chi connectivity index (χ0v) is 12.8. The molecule has 112 valence electrons. The monoisotopic (exact) mass is 314 g/mol. The van der Waals surface area contributed by atoms with Gasteiger partial charge in [-0.2, -0.15) is 5.10 Å². The van der Waals surface area contributed by atoms with Gasteiger partial charge in [-0.15, -0.1) is 0 Å². The molecule has 0 radical (unpaired) electrons. The zero-order valence-electron chi connectivity index (χ0n) is 12.0. The number of hydrogen-bond acceptors (Lipinski definition) is 2. The highest BCUT2D eigenvalue weighted by Gasteiger charge is 2.12. The molecule has 0 aliphatic heterocycles. The van der Waals surface area contributed by atoms with Gasteiger partial charge >= 0.3 is 0 Å². The fourth-order valence-corrected chi connectivity index (χ4v) is 2.33. The van der Waals surface area contributed by atoms with Crippen LogP contribution in [0.3, 0.4) is 0 Å². The van der Waals surface area contributed by atoms with Crippen molar-refractivity contribution in [3.63, 3.8) is 0 Å². The van der Waals surface area contributed by atoms with E-state index in [1.807, 2.05) is 43.6 Å². The second-order valence-corrected chi connectivity index (χ2v) is 5.40. The highest BCUT2D eigenvalue weighted by molar-refractivity contribution is 6.30. The summed E-state index contributed by atoms with van der Waals surface area (Å²) in [4.78, 5) is 12.3. The van der Waals surface area contributed by atoms with Crippen molar-refractivity contribution in [2.75, 3.05) is 5.32 Å². The lowest BCUT2D eigenvalue weighted by atomic mass is 10.2. The maximum atomic E-state index is 12.3. The molecule has 0 aliphatic rings. The van der Waals surface area contributed by atoms with E-state index in [1.54, 1.807) is 27.6 Å². The summed E-state index contributed by atoms with van der Waals surface area (Å²) in [7, 11) is 1.83. The third-order valence-electron chi connectivity index (χ3n) is 3.38. The van der Waals surface area contributed by atoms with E-state index in [0.29, 0.717) is 23.1 Å².